The first-order valence-corrected chi connectivity index (χ1v) is 3.92. The van der Waals surface area contributed by atoms with E-state index in [1.807, 2.05) is 6.20 Å². The molecule has 0 N–H and O–H groups in total. The van der Waals surface area contributed by atoms with Gasteiger partial charge >= 0.3 is 6.18 Å². The molecule has 1 heterocycles. The van der Waals surface area contributed by atoms with Crippen LogP contribution in [0.4, 0.5) is 13.2 Å². The SMILES string of the molecule is FC(F)(F)c1[c]nc2ccccc2c1. The molecule has 0 aliphatic carbocycles. The minimum absolute atomic E-state index is 0.471. The van der Waals surface area contributed by atoms with Crippen molar-refractivity contribution >= 4 is 10.9 Å². The van der Waals surface area contributed by atoms with Gasteiger partial charge < -0.3 is 0 Å². The number of nitrogens with zero attached hydrogens (tertiary/aromatic N) is 1. The van der Waals surface area contributed by atoms with Crippen LogP contribution >= 0.6 is 0 Å². The van der Waals surface area contributed by atoms with Crippen LogP contribution in [0, 0.1) is 6.20 Å². The topological polar surface area (TPSA) is 12.9 Å². The third-order valence-electron chi connectivity index (χ3n) is 1.84. The lowest BCUT2D eigenvalue weighted by atomic mass is 10.1. The Morgan fingerprint density at radius 1 is 1.14 bits per heavy atom. The number of pyridine rings is 1. The monoisotopic (exact) mass is 196 g/mol. The van der Waals surface area contributed by atoms with Crippen molar-refractivity contribution in [2.45, 2.75) is 6.18 Å². The smallest absolute Gasteiger partial charge is 0.245 e. The molecule has 0 bridgehead atoms. The predicted octanol–water partition coefficient (Wildman–Crippen LogP) is 3.05. The Balaban J connectivity index is 2.63. The van der Waals surface area contributed by atoms with E-state index in [0.29, 0.717) is 10.9 Å². The van der Waals surface area contributed by atoms with Crippen molar-refractivity contribution in [2.24, 2.45) is 0 Å². The molecule has 0 atom stereocenters. The maximum atomic E-state index is 12.2. The zero-order valence-corrected chi connectivity index (χ0v) is 6.97. The lowest BCUT2D eigenvalue weighted by molar-refractivity contribution is -0.137. The van der Waals surface area contributed by atoms with Gasteiger partial charge in [-0.3, -0.25) is 0 Å². The summed E-state index contributed by atoms with van der Waals surface area (Å²) < 4.78 is 36.7. The zero-order valence-electron chi connectivity index (χ0n) is 6.97. The minimum Gasteiger partial charge on any atom is -0.245 e. The number of aromatic nitrogens is 1. The van der Waals surface area contributed by atoms with Crippen LogP contribution in [0.25, 0.3) is 10.9 Å². The number of hydrogen-bond acceptors (Lipinski definition) is 1. The Morgan fingerprint density at radius 3 is 2.57 bits per heavy atom. The van der Waals surface area contributed by atoms with Gasteiger partial charge in [0.2, 0.25) is 0 Å². The molecule has 1 aromatic heterocycles. The van der Waals surface area contributed by atoms with Crippen LogP contribution in [-0.4, -0.2) is 4.98 Å². The van der Waals surface area contributed by atoms with Crippen LogP contribution < -0.4 is 0 Å². The third-order valence-corrected chi connectivity index (χ3v) is 1.84. The van der Waals surface area contributed by atoms with Gasteiger partial charge in [-0.05, 0) is 12.1 Å². The zero-order chi connectivity index (χ0) is 10.2. The first kappa shape index (κ1) is 8.99. The van der Waals surface area contributed by atoms with E-state index >= 15 is 0 Å². The normalized spacial score (nSPS) is 11.9. The van der Waals surface area contributed by atoms with Crippen LogP contribution in [0.5, 0.6) is 0 Å². The molecule has 14 heavy (non-hydrogen) atoms. The molecule has 2 aromatic rings. The van der Waals surface area contributed by atoms with Crippen LogP contribution in [0.2, 0.25) is 0 Å². The molecule has 0 unspecified atom stereocenters. The standard InChI is InChI=1S/C10H5F3N/c11-10(12,13)8-5-7-3-1-2-4-9(7)14-6-8/h1-5H. The molecule has 2 rings (SSSR count). The highest BCUT2D eigenvalue weighted by Crippen LogP contribution is 2.29. The minimum atomic E-state index is -4.38. The van der Waals surface area contributed by atoms with E-state index in [0.717, 1.165) is 6.07 Å². The highest BCUT2D eigenvalue weighted by atomic mass is 19.4. The molecule has 71 valence electrons. The molecule has 0 saturated carbocycles. The van der Waals surface area contributed by atoms with Crippen LogP contribution in [0.15, 0.2) is 30.3 Å². The summed E-state index contributed by atoms with van der Waals surface area (Å²) in [5.74, 6) is 0. The third kappa shape index (κ3) is 1.55. The Kier molecular flexibility index (Phi) is 1.91. The Hall–Kier alpha value is -1.58. The molecule has 0 fully saturated rings. The highest BCUT2D eigenvalue weighted by Gasteiger charge is 2.31. The van der Waals surface area contributed by atoms with E-state index in [-0.39, 0.29) is 0 Å². The van der Waals surface area contributed by atoms with Gasteiger partial charge in [-0.25, -0.2) is 4.98 Å². The van der Waals surface area contributed by atoms with E-state index < -0.39 is 11.7 Å². The quantitative estimate of drug-likeness (QED) is 0.631. The molecule has 0 spiro atoms. The first-order valence-electron chi connectivity index (χ1n) is 3.92. The summed E-state index contributed by atoms with van der Waals surface area (Å²) in [6, 6.07) is 7.67. The molecule has 4 heteroatoms. The average Bonchev–Trinajstić information content (AvgIpc) is 2.16. The van der Waals surface area contributed by atoms with Gasteiger partial charge in [0.15, 0.2) is 0 Å². The second-order valence-corrected chi connectivity index (χ2v) is 2.84. The van der Waals surface area contributed by atoms with Crippen molar-refractivity contribution in [1.29, 1.82) is 0 Å². The van der Waals surface area contributed by atoms with Crippen LogP contribution in [0.1, 0.15) is 5.56 Å². The van der Waals surface area contributed by atoms with E-state index in [1.54, 1.807) is 24.3 Å². The van der Waals surface area contributed by atoms with Gasteiger partial charge in [-0.1, -0.05) is 18.2 Å². The average molecular weight is 196 g/mol. The van der Waals surface area contributed by atoms with E-state index in [2.05, 4.69) is 4.98 Å². The summed E-state index contributed by atoms with van der Waals surface area (Å²) in [4.78, 5) is 3.60. The number of para-hydroxylation sites is 1. The van der Waals surface area contributed by atoms with Crippen molar-refractivity contribution in [3.63, 3.8) is 0 Å². The van der Waals surface area contributed by atoms with Gasteiger partial charge in [0.1, 0.15) is 6.20 Å². The van der Waals surface area contributed by atoms with Crippen molar-refractivity contribution in [3.8, 4) is 0 Å². The number of fused-ring (bicyclic) bond motifs is 1. The fraction of sp³-hybridized carbons (Fsp3) is 0.100. The van der Waals surface area contributed by atoms with Crippen molar-refractivity contribution in [1.82, 2.24) is 4.98 Å². The fourth-order valence-electron chi connectivity index (χ4n) is 1.16. The van der Waals surface area contributed by atoms with Gasteiger partial charge in [-0.15, -0.1) is 0 Å². The maximum absolute atomic E-state index is 12.2. The molecule has 0 saturated heterocycles. The molecular weight excluding hydrogens is 191 g/mol. The maximum Gasteiger partial charge on any atom is 0.418 e. The van der Waals surface area contributed by atoms with Crippen molar-refractivity contribution in [2.75, 3.05) is 0 Å². The van der Waals surface area contributed by atoms with Gasteiger partial charge in [0, 0.05) is 5.39 Å². The molecule has 0 amide bonds. The number of rotatable bonds is 0. The van der Waals surface area contributed by atoms with Gasteiger partial charge in [0.05, 0.1) is 11.1 Å². The van der Waals surface area contributed by atoms with Crippen molar-refractivity contribution < 1.29 is 13.2 Å². The molecular formula is C10H5F3N. The summed E-state index contributed by atoms with van der Waals surface area (Å²) in [6.45, 7) is 0. The highest BCUT2D eigenvalue weighted by molar-refractivity contribution is 5.78. The van der Waals surface area contributed by atoms with Crippen LogP contribution in [-0.2, 0) is 6.18 Å². The van der Waals surface area contributed by atoms with E-state index in [9.17, 15) is 13.2 Å². The predicted molar refractivity (Wildman–Crippen MR) is 45.6 cm³/mol. The molecule has 0 aliphatic heterocycles. The first-order chi connectivity index (χ1) is 6.57. The number of alkyl halides is 3. The summed E-state index contributed by atoms with van der Waals surface area (Å²) in [5.41, 5.74) is -0.322. The largest absolute Gasteiger partial charge is 0.418 e. The summed E-state index contributed by atoms with van der Waals surface area (Å²) in [7, 11) is 0. The summed E-state index contributed by atoms with van der Waals surface area (Å²) >= 11 is 0. The number of halogens is 3. The molecule has 1 radical (unpaired) electrons. The second kappa shape index (κ2) is 2.97. The van der Waals surface area contributed by atoms with Gasteiger partial charge in [0.25, 0.3) is 0 Å². The fourth-order valence-corrected chi connectivity index (χ4v) is 1.16. The molecule has 0 aliphatic rings. The van der Waals surface area contributed by atoms with Gasteiger partial charge in [-0.2, -0.15) is 13.2 Å². The molecule has 1 aromatic carbocycles. The lowest BCUT2D eigenvalue weighted by Gasteiger charge is -2.05. The molecule has 1 nitrogen and oxygen atoms in total. The summed E-state index contributed by atoms with van der Waals surface area (Å²) in [6.07, 6.45) is -2.40. The van der Waals surface area contributed by atoms with Crippen molar-refractivity contribution in [3.05, 3.63) is 42.1 Å². The Labute approximate surface area is 78.2 Å². The Morgan fingerprint density at radius 2 is 1.86 bits per heavy atom. The van der Waals surface area contributed by atoms with E-state index in [4.69, 9.17) is 0 Å². The van der Waals surface area contributed by atoms with E-state index in [1.165, 1.54) is 0 Å². The Bertz CT molecular complexity index is 462. The number of hydrogen-bond donors (Lipinski definition) is 0. The van der Waals surface area contributed by atoms with Crippen LogP contribution in [0.3, 0.4) is 0 Å². The number of benzene rings is 1. The summed E-state index contributed by atoms with van der Waals surface area (Å²) in [5, 5.41) is 0.471. The second-order valence-electron chi connectivity index (χ2n) is 2.84. The lowest BCUT2D eigenvalue weighted by Crippen LogP contribution is -2.05.